The van der Waals surface area contributed by atoms with Crippen molar-refractivity contribution in [3.05, 3.63) is 90.2 Å². The Bertz CT molecular complexity index is 1130. The van der Waals surface area contributed by atoms with Gasteiger partial charge >= 0.3 is 0 Å². The van der Waals surface area contributed by atoms with Crippen molar-refractivity contribution in [1.29, 1.82) is 0 Å². The number of rotatable bonds is 9. The van der Waals surface area contributed by atoms with Crippen molar-refractivity contribution in [3.63, 3.8) is 0 Å². The molecular weight excluding hydrogens is 431 g/mol. The van der Waals surface area contributed by atoms with E-state index in [2.05, 4.69) is 5.32 Å². The van der Waals surface area contributed by atoms with Crippen LogP contribution >= 0.6 is 0 Å². The molecule has 8 heteroatoms. The normalized spacial score (nSPS) is 12.1. The summed E-state index contributed by atoms with van der Waals surface area (Å²) in [5.41, 5.74) is 1.19. The first kappa shape index (κ1) is 23.3. The van der Waals surface area contributed by atoms with Gasteiger partial charge in [0, 0.05) is 0 Å². The molecule has 0 aromatic heterocycles. The maximum Gasteiger partial charge on any atom is 0.264 e. The zero-order valence-electron chi connectivity index (χ0n) is 17.9. The lowest BCUT2D eigenvalue weighted by atomic mass is 10.1. The molecule has 0 aliphatic rings. The summed E-state index contributed by atoms with van der Waals surface area (Å²) in [4.78, 5) is 12.7. The molecular formula is C24H25FN2O4S. The number of anilines is 1. The van der Waals surface area contributed by atoms with Gasteiger partial charge in [-0.05, 0) is 67.9 Å². The van der Waals surface area contributed by atoms with E-state index in [1.165, 1.54) is 12.1 Å². The zero-order chi connectivity index (χ0) is 23.1. The number of carbonyl (C=O) groups is 1. The Morgan fingerprint density at radius 1 is 1.00 bits per heavy atom. The third-order valence-corrected chi connectivity index (χ3v) is 6.59. The van der Waals surface area contributed by atoms with Gasteiger partial charge in [0.15, 0.2) is 0 Å². The highest BCUT2D eigenvalue weighted by Gasteiger charge is 2.28. The quantitative estimate of drug-likeness (QED) is 0.521. The van der Waals surface area contributed by atoms with E-state index < -0.39 is 28.3 Å². The fourth-order valence-electron chi connectivity index (χ4n) is 3.17. The molecule has 0 fully saturated rings. The molecule has 0 unspecified atom stereocenters. The largest absolute Gasteiger partial charge is 0.494 e. The number of hydrogen-bond donors (Lipinski definition) is 1. The summed E-state index contributed by atoms with van der Waals surface area (Å²) < 4.78 is 46.4. The number of halogens is 1. The first-order valence-electron chi connectivity index (χ1n) is 10.2. The van der Waals surface area contributed by atoms with Gasteiger partial charge in [0.1, 0.15) is 18.1 Å². The fraction of sp³-hybridized carbons (Fsp3) is 0.208. The number of ether oxygens (including phenoxy) is 1. The summed E-state index contributed by atoms with van der Waals surface area (Å²) in [6.07, 6.45) is 0. The Morgan fingerprint density at radius 2 is 1.62 bits per heavy atom. The molecule has 3 aromatic carbocycles. The van der Waals surface area contributed by atoms with Crippen molar-refractivity contribution < 1.29 is 22.3 Å². The molecule has 0 heterocycles. The average molecular weight is 457 g/mol. The van der Waals surface area contributed by atoms with Crippen LogP contribution in [-0.4, -0.2) is 27.5 Å². The van der Waals surface area contributed by atoms with Crippen LogP contribution in [0.15, 0.2) is 83.8 Å². The van der Waals surface area contributed by atoms with Crippen LogP contribution in [0.4, 0.5) is 10.1 Å². The van der Waals surface area contributed by atoms with Crippen molar-refractivity contribution >= 4 is 21.6 Å². The number of sulfonamides is 1. The predicted octanol–water partition coefficient (Wildman–Crippen LogP) is 4.30. The lowest BCUT2D eigenvalue weighted by molar-refractivity contribution is -0.120. The summed E-state index contributed by atoms with van der Waals surface area (Å²) in [7, 11) is -4.13. The highest BCUT2D eigenvalue weighted by molar-refractivity contribution is 7.92. The van der Waals surface area contributed by atoms with Crippen LogP contribution in [0.3, 0.4) is 0 Å². The average Bonchev–Trinajstić information content (AvgIpc) is 2.79. The molecule has 3 aromatic rings. The molecule has 1 N–H and O–H groups in total. The van der Waals surface area contributed by atoms with Crippen LogP contribution in [-0.2, 0) is 14.8 Å². The molecule has 1 atom stereocenters. The Kier molecular flexibility index (Phi) is 7.48. The van der Waals surface area contributed by atoms with Crippen LogP contribution in [0.25, 0.3) is 0 Å². The second-order valence-electron chi connectivity index (χ2n) is 7.09. The highest BCUT2D eigenvalue weighted by atomic mass is 32.2. The van der Waals surface area contributed by atoms with E-state index in [1.807, 2.05) is 44.2 Å². The monoisotopic (exact) mass is 456 g/mol. The molecule has 168 valence electrons. The van der Waals surface area contributed by atoms with Gasteiger partial charge in [0.25, 0.3) is 10.0 Å². The van der Waals surface area contributed by atoms with Gasteiger partial charge in [-0.3, -0.25) is 9.10 Å². The lowest BCUT2D eigenvalue weighted by Crippen LogP contribution is -2.41. The zero-order valence-corrected chi connectivity index (χ0v) is 18.7. The minimum atomic E-state index is -4.13. The Labute approximate surface area is 187 Å². The van der Waals surface area contributed by atoms with Crippen LogP contribution < -0.4 is 14.4 Å². The molecule has 1 amide bonds. The maximum atomic E-state index is 13.3. The summed E-state index contributed by atoms with van der Waals surface area (Å²) in [5.74, 6) is -0.440. The predicted molar refractivity (Wildman–Crippen MR) is 122 cm³/mol. The molecule has 0 aliphatic heterocycles. The van der Waals surface area contributed by atoms with Gasteiger partial charge in [0.2, 0.25) is 5.91 Å². The molecule has 0 saturated heterocycles. The SMILES string of the molecule is CCOc1ccc(N(CC(=O)N[C@H](C)c2ccccc2)S(=O)(=O)c2ccc(F)cc2)cc1. The number of nitrogens with zero attached hydrogens (tertiary/aromatic N) is 1. The van der Waals surface area contributed by atoms with Gasteiger partial charge < -0.3 is 10.1 Å². The second-order valence-corrected chi connectivity index (χ2v) is 8.95. The lowest BCUT2D eigenvalue weighted by Gasteiger charge is -2.25. The Balaban J connectivity index is 1.89. The van der Waals surface area contributed by atoms with Crippen LogP contribution in [0.5, 0.6) is 5.75 Å². The first-order valence-corrected chi connectivity index (χ1v) is 11.6. The van der Waals surface area contributed by atoms with Gasteiger partial charge in [-0.1, -0.05) is 30.3 Å². The number of amides is 1. The van der Waals surface area contributed by atoms with E-state index >= 15 is 0 Å². The van der Waals surface area contributed by atoms with Crippen molar-refractivity contribution in [2.75, 3.05) is 17.5 Å². The maximum absolute atomic E-state index is 13.3. The summed E-state index contributed by atoms with van der Waals surface area (Å²) >= 11 is 0. The summed E-state index contributed by atoms with van der Waals surface area (Å²) in [6.45, 7) is 3.70. The molecule has 6 nitrogen and oxygen atoms in total. The van der Waals surface area contributed by atoms with E-state index in [0.717, 1.165) is 22.0 Å². The molecule has 32 heavy (non-hydrogen) atoms. The smallest absolute Gasteiger partial charge is 0.264 e. The number of benzene rings is 3. The van der Waals surface area contributed by atoms with Crippen LogP contribution in [0.1, 0.15) is 25.5 Å². The minimum Gasteiger partial charge on any atom is -0.494 e. The van der Waals surface area contributed by atoms with Gasteiger partial charge in [0.05, 0.1) is 23.2 Å². The van der Waals surface area contributed by atoms with E-state index in [1.54, 1.807) is 24.3 Å². The van der Waals surface area contributed by atoms with Crippen LogP contribution in [0, 0.1) is 5.82 Å². The number of hydrogen-bond acceptors (Lipinski definition) is 4. The van der Waals surface area contributed by atoms with Gasteiger partial charge in [-0.2, -0.15) is 0 Å². The Morgan fingerprint density at radius 3 is 2.22 bits per heavy atom. The van der Waals surface area contributed by atoms with Crippen LogP contribution in [0.2, 0.25) is 0 Å². The third-order valence-electron chi connectivity index (χ3n) is 4.80. The van der Waals surface area contributed by atoms with Gasteiger partial charge in [-0.25, -0.2) is 12.8 Å². The second kappa shape index (κ2) is 10.3. The van der Waals surface area contributed by atoms with Crippen molar-refractivity contribution in [3.8, 4) is 5.75 Å². The van der Waals surface area contributed by atoms with E-state index in [4.69, 9.17) is 4.74 Å². The number of nitrogens with one attached hydrogen (secondary N) is 1. The van der Waals surface area contributed by atoms with Crippen molar-refractivity contribution in [2.45, 2.75) is 24.8 Å². The summed E-state index contributed by atoms with van der Waals surface area (Å²) in [5, 5.41) is 2.83. The molecule has 3 rings (SSSR count). The molecule has 0 aliphatic carbocycles. The molecule has 0 spiro atoms. The van der Waals surface area contributed by atoms with Gasteiger partial charge in [-0.15, -0.1) is 0 Å². The third kappa shape index (κ3) is 5.64. The minimum absolute atomic E-state index is 0.114. The molecule has 0 bridgehead atoms. The number of carbonyl (C=O) groups excluding carboxylic acids is 1. The first-order chi connectivity index (χ1) is 15.3. The van der Waals surface area contributed by atoms with Crippen molar-refractivity contribution in [2.24, 2.45) is 0 Å². The van der Waals surface area contributed by atoms with Crippen molar-refractivity contribution in [1.82, 2.24) is 5.32 Å². The Hall–Kier alpha value is -3.39. The van der Waals surface area contributed by atoms with E-state index in [9.17, 15) is 17.6 Å². The van der Waals surface area contributed by atoms with E-state index in [-0.39, 0.29) is 10.9 Å². The molecule has 0 radical (unpaired) electrons. The topological polar surface area (TPSA) is 75.7 Å². The summed E-state index contributed by atoms with van der Waals surface area (Å²) in [6, 6.07) is 20.0. The molecule has 0 saturated carbocycles. The standard InChI is InChI=1S/C24H25FN2O4S/c1-3-31-22-13-11-21(12-14-22)27(32(29,30)23-15-9-20(25)10-16-23)17-24(28)26-18(2)19-7-5-4-6-8-19/h4-16,18H,3,17H2,1-2H3,(H,26,28)/t18-/m1/s1. The highest BCUT2D eigenvalue weighted by Crippen LogP contribution is 2.26. The van der Waals surface area contributed by atoms with E-state index in [0.29, 0.717) is 18.0 Å². The fourth-order valence-corrected chi connectivity index (χ4v) is 4.59.